The summed E-state index contributed by atoms with van der Waals surface area (Å²) < 4.78 is 5.58. The summed E-state index contributed by atoms with van der Waals surface area (Å²) in [5, 5.41) is 2.92. The lowest BCUT2D eigenvalue weighted by molar-refractivity contribution is -0.130. The maximum atomic E-state index is 12.6. The summed E-state index contributed by atoms with van der Waals surface area (Å²) in [7, 11) is 0. The van der Waals surface area contributed by atoms with E-state index in [4.69, 9.17) is 4.74 Å². The van der Waals surface area contributed by atoms with Crippen LogP contribution >= 0.6 is 0 Å². The fourth-order valence-corrected chi connectivity index (χ4v) is 2.62. The van der Waals surface area contributed by atoms with E-state index in [-0.39, 0.29) is 11.9 Å². The molecule has 2 aromatic carbocycles. The zero-order valence-corrected chi connectivity index (χ0v) is 13.9. The average molecular weight is 323 g/mol. The first-order valence-corrected chi connectivity index (χ1v) is 8.18. The third kappa shape index (κ3) is 3.82. The lowest BCUT2D eigenvalue weighted by Gasteiger charge is -2.18. The summed E-state index contributed by atoms with van der Waals surface area (Å²) in [5.41, 5.74) is 3.08. The molecule has 4 heteroatoms. The average Bonchev–Trinajstić information content (AvgIpc) is 3.37. The minimum absolute atomic E-state index is 0.212. The quantitative estimate of drug-likeness (QED) is 0.857. The second-order valence-corrected chi connectivity index (χ2v) is 6.30. The molecule has 1 aliphatic rings. The van der Waals surface area contributed by atoms with E-state index in [1.807, 2.05) is 44.2 Å². The molecule has 0 heterocycles. The van der Waals surface area contributed by atoms with Crippen molar-refractivity contribution in [3.63, 3.8) is 0 Å². The molecule has 1 aliphatic carbocycles. The number of nitrogens with one attached hydrogen (secondary N) is 1. The first-order valence-electron chi connectivity index (χ1n) is 8.18. The molecule has 1 atom stereocenters. The molecule has 0 bridgehead atoms. The predicted octanol–water partition coefficient (Wildman–Crippen LogP) is 3.48. The maximum Gasteiger partial charge on any atom is 0.339 e. The Morgan fingerprint density at radius 1 is 1.08 bits per heavy atom. The third-order valence-corrected chi connectivity index (χ3v) is 4.09. The molecular formula is C20H21NO3. The van der Waals surface area contributed by atoms with Gasteiger partial charge in [-0.2, -0.15) is 0 Å². The van der Waals surface area contributed by atoms with E-state index in [0.29, 0.717) is 11.1 Å². The fourth-order valence-electron chi connectivity index (χ4n) is 2.62. The van der Waals surface area contributed by atoms with Crippen LogP contribution in [0.3, 0.4) is 0 Å². The number of benzene rings is 2. The molecule has 0 aromatic heterocycles. The van der Waals surface area contributed by atoms with Gasteiger partial charge in [0, 0.05) is 11.6 Å². The normalized spacial score (nSPS) is 14.8. The molecule has 124 valence electrons. The highest BCUT2D eigenvalue weighted by Gasteiger charge is 2.31. The Bertz CT molecular complexity index is 751. The van der Waals surface area contributed by atoms with E-state index in [1.54, 1.807) is 18.2 Å². The van der Waals surface area contributed by atoms with Gasteiger partial charge in [0.2, 0.25) is 6.10 Å². The highest BCUT2D eigenvalue weighted by Crippen LogP contribution is 2.24. The molecule has 1 amide bonds. The Kier molecular flexibility index (Phi) is 4.65. The topological polar surface area (TPSA) is 55.4 Å². The Morgan fingerprint density at radius 2 is 1.79 bits per heavy atom. The van der Waals surface area contributed by atoms with Gasteiger partial charge < -0.3 is 10.1 Å². The van der Waals surface area contributed by atoms with Crippen LogP contribution in [0.2, 0.25) is 0 Å². The van der Waals surface area contributed by atoms with Crippen molar-refractivity contribution in [1.82, 2.24) is 5.32 Å². The highest BCUT2D eigenvalue weighted by molar-refractivity contribution is 5.94. The largest absolute Gasteiger partial charge is 0.444 e. The van der Waals surface area contributed by atoms with E-state index in [2.05, 4.69) is 5.32 Å². The molecule has 2 aromatic rings. The van der Waals surface area contributed by atoms with Crippen LogP contribution in [0.4, 0.5) is 0 Å². The van der Waals surface area contributed by atoms with Crippen LogP contribution in [0.1, 0.15) is 46.0 Å². The predicted molar refractivity (Wildman–Crippen MR) is 91.7 cm³/mol. The van der Waals surface area contributed by atoms with E-state index in [1.165, 1.54) is 0 Å². The van der Waals surface area contributed by atoms with Gasteiger partial charge in [-0.3, -0.25) is 4.79 Å². The van der Waals surface area contributed by atoms with Crippen molar-refractivity contribution in [2.75, 3.05) is 0 Å². The molecule has 1 N–H and O–H groups in total. The number of hydrogen-bond donors (Lipinski definition) is 1. The van der Waals surface area contributed by atoms with Gasteiger partial charge in [0.25, 0.3) is 5.91 Å². The van der Waals surface area contributed by atoms with E-state index in [0.717, 1.165) is 24.0 Å². The minimum atomic E-state index is -0.931. The van der Waals surface area contributed by atoms with Gasteiger partial charge in [0.15, 0.2) is 0 Å². The molecule has 0 radical (unpaired) electrons. The Labute approximate surface area is 141 Å². The van der Waals surface area contributed by atoms with Crippen molar-refractivity contribution in [1.29, 1.82) is 0 Å². The Hall–Kier alpha value is -2.62. The Morgan fingerprint density at radius 3 is 2.42 bits per heavy atom. The number of hydrogen-bond acceptors (Lipinski definition) is 3. The van der Waals surface area contributed by atoms with Crippen molar-refractivity contribution >= 4 is 11.9 Å². The summed E-state index contributed by atoms with van der Waals surface area (Å²) in [4.78, 5) is 25.1. The third-order valence-electron chi connectivity index (χ3n) is 4.09. The molecular weight excluding hydrogens is 302 g/mol. The van der Waals surface area contributed by atoms with Crippen molar-refractivity contribution in [3.8, 4) is 0 Å². The monoisotopic (exact) mass is 323 g/mol. The Balaban J connectivity index is 1.82. The summed E-state index contributed by atoms with van der Waals surface area (Å²) in [6.07, 6.45) is 1.04. The lowest BCUT2D eigenvalue weighted by atomic mass is 10.1. The molecule has 1 fully saturated rings. The van der Waals surface area contributed by atoms with Crippen LogP contribution in [0.5, 0.6) is 0 Å². The number of rotatable bonds is 5. The van der Waals surface area contributed by atoms with Crippen molar-refractivity contribution in [2.24, 2.45) is 0 Å². The molecule has 0 aliphatic heterocycles. The van der Waals surface area contributed by atoms with Crippen molar-refractivity contribution in [3.05, 3.63) is 70.8 Å². The molecule has 4 nitrogen and oxygen atoms in total. The van der Waals surface area contributed by atoms with Gasteiger partial charge in [0.1, 0.15) is 0 Å². The number of esters is 1. The van der Waals surface area contributed by atoms with E-state index in [9.17, 15) is 9.59 Å². The van der Waals surface area contributed by atoms with Crippen LogP contribution in [0.25, 0.3) is 0 Å². The number of carbonyl (C=O) groups excluding carboxylic acids is 2. The van der Waals surface area contributed by atoms with Crippen molar-refractivity contribution in [2.45, 2.75) is 38.8 Å². The molecule has 1 saturated carbocycles. The van der Waals surface area contributed by atoms with Crippen LogP contribution in [0, 0.1) is 13.8 Å². The summed E-state index contributed by atoms with van der Waals surface area (Å²) >= 11 is 0. The molecule has 0 saturated heterocycles. The zero-order chi connectivity index (χ0) is 17.1. The van der Waals surface area contributed by atoms with Gasteiger partial charge in [-0.25, -0.2) is 4.79 Å². The standard InChI is InChI=1S/C20H21NO3/c1-13-8-11-17(14(2)12-13)20(23)24-18(15-6-4-3-5-7-15)19(22)21-16-9-10-16/h3-8,11-12,16,18H,9-10H2,1-2H3,(H,21,22)/t18-/m0/s1. The number of aryl methyl sites for hydroxylation is 2. The molecule has 24 heavy (non-hydrogen) atoms. The summed E-state index contributed by atoms with van der Waals surface area (Å²) in [6.45, 7) is 3.84. The van der Waals surface area contributed by atoms with Crippen LogP contribution < -0.4 is 5.32 Å². The zero-order valence-electron chi connectivity index (χ0n) is 13.9. The van der Waals surface area contributed by atoms with Gasteiger partial charge >= 0.3 is 5.97 Å². The summed E-state index contributed by atoms with van der Waals surface area (Å²) in [5.74, 6) is -0.742. The van der Waals surface area contributed by atoms with Gasteiger partial charge in [0.05, 0.1) is 5.56 Å². The number of amides is 1. The van der Waals surface area contributed by atoms with Crippen molar-refractivity contribution < 1.29 is 14.3 Å². The highest BCUT2D eigenvalue weighted by atomic mass is 16.5. The van der Waals surface area contributed by atoms with Gasteiger partial charge in [-0.1, -0.05) is 48.0 Å². The number of carbonyl (C=O) groups is 2. The second kappa shape index (κ2) is 6.87. The van der Waals surface area contributed by atoms with E-state index < -0.39 is 12.1 Å². The van der Waals surface area contributed by atoms with Gasteiger partial charge in [-0.05, 0) is 38.3 Å². The van der Waals surface area contributed by atoms with E-state index >= 15 is 0 Å². The minimum Gasteiger partial charge on any atom is -0.444 e. The van der Waals surface area contributed by atoms with Crippen LogP contribution in [-0.4, -0.2) is 17.9 Å². The molecule has 0 spiro atoms. The maximum absolute atomic E-state index is 12.6. The number of ether oxygens (including phenoxy) is 1. The molecule has 3 rings (SSSR count). The summed E-state index contributed by atoms with van der Waals surface area (Å²) in [6, 6.07) is 14.9. The lowest BCUT2D eigenvalue weighted by Crippen LogP contribution is -2.33. The second-order valence-electron chi connectivity index (χ2n) is 6.30. The fraction of sp³-hybridized carbons (Fsp3) is 0.300. The SMILES string of the molecule is Cc1ccc(C(=O)O[C@H](C(=O)NC2CC2)c2ccccc2)c(C)c1. The molecule has 0 unspecified atom stereocenters. The smallest absolute Gasteiger partial charge is 0.339 e. The van der Waals surface area contributed by atoms with Gasteiger partial charge in [-0.15, -0.1) is 0 Å². The first kappa shape index (κ1) is 16.2. The first-order chi connectivity index (χ1) is 11.5. The van der Waals surface area contributed by atoms with Crippen LogP contribution in [-0.2, 0) is 9.53 Å². The van der Waals surface area contributed by atoms with Crippen LogP contribution in [0.15, 0.2) is 48.5 Å².